The summed E-state index contributed by atoms with van der Waals surface area (Å²) in [5.41, 5.74) is 1.08. The molecule has 27 heavy (non-hydrogen) atoms. The van der Waals surface area contributed by atoms with Crippen molar-refractivity contribution >= 4 is 36.9 Å². The first-order valence-electron chi connectivity index (χ1n) is 8.70. The molecule has 0 saturated carbocycles. The lowest BCUT2D eigenvalue weighted by atomic mass is 10.1. The van der Waals surface area contributed by atoms with Crippen LogP contribution in [0.1, 0.15) is 12.0 Å². The highest BCUT2D eigenvalue weighted by Gasteiger charge is 2.40. The summed E-state index contributed by atoms with van der Waals surface area (Å²) in [4.78, 5) is 12.2. The topological polar surface area (TPSA) is 94.1 Å². The molecule has 0 bridgehead atoms. The van der Waals surface area contributed by atoms with Gasteiger partial charge >= 0.3 is 13.7 Å². The van der Waals surface area contributed by atoms with Crippen LogP contribution in [0.25, 0.3) is 0 Å². The number of carbonyl (C=O) groups is 1. The first-order chi connectivity index (χ1) is 13.0. The molecule has 1 saturated heterocycles. The maximum atomic E-state index is 13.1. The van der Waals surface area contributed by atoms with Gasteiger partial charge in [0.1, 0.15) is 6.17 Å². The van der Waals surface area contributed by atoms with Crippen LogP contribution in [0, 0.1) is 0 Å². The summed E-state index contributed by atoms with van der Waals surface area (Å²) in [5, 5.41) is 16.1. The van der Waals surface area contributed by atoms with Gasteiger partial charge in [0.2, 0.25) is 0 Å². The molecule has 3 N–H and O–H groups in total. The summed E-state index contributed by atoms with van der Waals surface area (Å²) < 4.78 is 20.0. The second-order valence-electron chi connectivity index (χ2n) is 5.93. The Morgan fingerprint density at radius 3 is 2.59 bits per heavy atom. The molecule has 1 heterocycles. The Kier molecular flexibility index (Phi) is 9.32. The molecule has 1 aliphatic rings. The van der Waals surface area contributed by atoms with Gasteiger partial charge < -0.3 is 9.84 Å². The number of nitrogens with one attached hydrogen (secondary N) is 2. The minimum atomic E-state index is -3.45. The van der Waals surface area contributed by atoms with Crippen LogP contribution in [0.3, 0.4) is 0 Å². The van der Waals surface area contributed by atoms with Crippen molar-refractivity contribution in [1.29, 1.82) is 0 Å². The normalized spacial score (nSPS) is 22.6. The Bertz CT molecular complexity index is 634. The van der Waals surface area contributed by atoms with E-state index in [2.05, 4.69) is 10.4 Å². The van der Waals surface area contributed by atoms with E-state index >= 15 is 0 Å². The fourth-order valence-electron chi connectivity index (χ4n) is 2.67. The minimum absolute atomic E-state index is 0.129. The van der Waals surface area contributed by atoms with Gasteiger partial charge in [0.15, 0.2) is 0 Å². The number of urea groups is 1. The Labute approximate surface area is 169 Å². The number of hydrogen-bond acceptors (Lipinski definition) is 4. The number of benzene rings is 1. The molecule has 0 aliphatic carbocycles. The molecule has 2 amide bonds. The number of carbonyl (C=O) groups excluding carboxylic acids is 1. The van der Waals surface area contributed by atoms with Gasteiger partial charge in [-0.1, -0.05) is 30.3 Å². The standard InChI is InChI=1S/C16H25Cl2N4O4P/c17-8-11-21(12-9-18)27(25)20-15(7-13-26-27)22(24)16(23)19-10-6-14-4-2-1-3-5-14/h1-5,15,24H,6-13H2,(H,19,23)(H,20,25). The van der Waals surface area contributed by atoms with E-state index in [0.29, 0.717) is 37.5 Å². The van der Waals surface area contributed by atoms with Crippen molar-refractivity contribution < 1.29 is 19.1 Å². The van der Waals surface area contributed by atoms with Crippen LogP contribution in [0.15, 0.2) is 30.3 Å². The van der Waals surface area contributed by atoms with Crippen LogP contribution in [-0.4, -0.2) is 65.1 Å². The van der Waals surface area contributed by atoms with Crippen LogP contribution in [-0.2, 0) is 15.5 Å². The molecule has 152 valence electrons. The summed E-state index contributed by atoms with van der Waals surface area (Å²) in [5.74, 6) is 0.499. The molecule has 2 atom stereocenters. The predicted octanol–water partition coefficient (Wildman–Crippen LogP) is 2.85. The Hall–Kier alpha value is -0.860. The Morgan fingerprint density at radius 1 is 1.30 bits per heavy atom. The van der Waals surface area contributed by atoms with Gasteiger partial charge in [0.05, 0.1) is 6.61 Å². The number of nitrogens with zero attached hydrogens (tertiary/aromatic N) is 2. The molecule has 1 aromatic rings. The average molecular weight is 439 g/mol. The summed E-state index contributed by atoms with van der Waals surface area (Å²) in [6.07, 6.45) is 0.0936. The van der Waals surface area contributed by atoms with E-state index in [-0.39, 0.29) is 18.4 Å². The zero-order valence-electron chi connectivity index (χ0n) is 14.9. The molecule has 1 fully saturated rings. The summed E-state index contributed by atoms with van der Waals surface area (Å²) in [6, 6.07) is 9.02. The SMILES string of the molecule is O=C(NCCc1ccccc1)N(O)C1CCOP(=O)(N(CCCl)CCCl)N1. The van der Waals surface area contributed by atoms with E-state index in [1.807, 2.05) is 30.3 Å². The van der Waals surface area contributed by atoms with E-state index in [4.69, 9.17) is 27.7 Å². The third kappa shape index (κ3) is 6.61. The lowest BCUT2D eigenvalue weighted by molar-refractivity contribution is -0.0923. The predicted molar refractivity (Wildman–Crippen MR) is 105 cm³/mol. The van der Waals surface area contributed by atoms with E-state index in [0.717, 1.165) is 5.56 Å². The lowest BCUT2D eigenvalue weighted by Crippen LogP contribution is -2.54. The Balaban J connectivity index is 1.89. The lowest BCUT2D eigenvalue weighted by Gasteiger charge is -2.39. The van der Waals surface area contributed by atoms with Gasteiger partial charge in [0, 0.05) is 37.8 Å². The zero-order chi connectivity index (χ0) is 19.7. The van der Waals surface area contributed by atoms with E-state index in [9.17, 15) is 14.6 Å². The van der Waals surface area contributed by atoms with Crippen molar-refractivity contribution in [3.8, 4) is 0 Å². The summed E-state index contributed by atoms with van der Waals surface area (Å²) in [7, 11) is -3.45. The van der Waals surface area contributed by atoms with Crippen molar-refractivity contribution in [3.63, 3.8) is 0 Å². The number of rotatable bonds is 9. The second kappa shape index (κ2) is 11.2. The fourth-order valence-corrected chi connectivity index (χ4v) is 5.41. The van der Waals surface area contributed by atoms with E-state index in [1.165, 1.54) is 4.67 Å². The molecule has 2 unspecified atom stereocenters. The average Bonchev–Trinajstić information content (AvgIpc) is 2.68. The molecule has 11 heteroatoms. The molecule has 8 nitrogen and oxygen atoms in total. The number of hydroxylamine groups is 2. The zero-order valence-corrected chi connectivity index (χ0v) is 17.3. The van der Waals surface area contributed by atoms with Gasteiger partial charge in [-0.3, -0.25) is 9.77 Å². The molecule has 1 aromatic carbocycles. The van der Waals surface area contributed by atoms with Gasteiger partial charge in [0.25, 0.3) is 0 Å². The Morgan fingerprint density at radius 2 is 1.96 bits per heavy atom. The van der Waals surface area contributed by atoms with Crippen molar-refractivity contribution in [1.82, 2.24) is 20.1 Å². The molecule has 0 aromatic heterocycles. The highest BCUT2D eigenvalue weighted by molar-refractivity contribution is 7.54. The highest BCUT2D eigenvalue weighted by atomic mass is 35.5. The number of halogens is 2. The van der Waals surface area contributed by atoms with E-state index in [1.54, 1.807) is 0 Å². The molecule has 0 spiro atoms. The van der Waals surface area contributed by atoms with Crippen LogP contribution < -0.4 is 10.4 Å². The third-order valence-electron chi connectivity index (χ3n) is 4.06. The maximum Gasteiger partial charge on any atom is 0.345 e. The molecular weight excluding hydrogens is 414 g/mol. The molecule has 1 aliphatic heterocycles. The van der Waals surface area contributed by atoms with Crippen molar-refractivity contribution in [3.05, 3.63) is 35.9 Å². The molecule has 2 rings (SSSR count). The van der Waals surface area contributed by atoms with Crippen molar-refractivity contribution in [2.75, 3.05) is 38.0 Å². The van der Waals surface area contributed by atoms with Crippen LogP contribution in [0.4, 0.5) is 4.79 Å². The highest BCUT2D eigenvalue weighted by Crippen LogP contribution is 2.49. The smallest absolute Gasteiger partial charge is 0.336 e. The van der Waals surface area contributed by atoms with Gasteiger partial charge in [-0.25, -0.2) is 14.6 Å². The largest absolute Gasteiger partial charge is 0.345 e. The van der Waals surface area contributed by atoms with E-state index < -0.39 is 19.9 Å². The molecule has 0 radical (unpaired) electrons. The minimum Gasteiger partial charge on any atom is -0.336 e. The van der Waals surface area contributed by atoms with Crippen molar-refractivity contribution in [2.24, 2.45) is 0 Å². The summed E-state index contributed by atoms with van der Waals surface area (Å²) in [6.45, 7) is 1.11. The van der Waals surface area contributed by atoms with Gasteiger partial charge in [-0.2, -0.15) is 5.06 Å². The monoisotopic (exact) mass is 438 g/mol. The third-order valence-corrected chi connectivity index (χ3v) is 6.70. The van der Waals surface area contributed by atoms with Crippen LogP contribution >= 0.6 is 30.9 Å². The summed E-state index contributed by atoms with van der Waals surface area (Å²) >= 11 is 11.5. The van der Waals surface area contributed by atoms with Crippen LogP contribution in [0.2, 0.25) is 0 Å². The quantitative estimate of drug-likeness (QED) is 0.237. The van der Waals surface area contributed by atoms with Gasteiger partial charge in [-0.05, 0) is 12.0 Å². The second-order valence-corrected chi connectivity index (χ2v) is 8.81. The number of alkyl halides is 2. The first-order valence-corrected chi connectivity index (χ1v) is 11.3. The number of hydrogen-bond donors (Lipinski definition) is 3. The van der Waals surface area contributed by atoms with Crippen LogP contribution in [0.5, 0.6) is 0 Å². The first kappa shape index (κ1) is 22.4. The van der Waals surface area contributed by atoms with Gasteiger partial charge in [-0.15, -0.1) is 23.2 Å². The van der Waals surface area contributed by atoms with Crippen molar-refractivity contribution in [2.45, 2.75) is 19.0 Å². The molecular formula is C16H25Cl2N4O4P. The maximum absolute atomic E-state index is 13.1. The number of amides is 2. The fraction of sp³-hybridized carbons (Fsp3) is 0.562.